The van der Waals surface area contributed by atoms with Crippen LogP contribution in [0.4, 0.5) is 14.5 Å². The summed E-state index contributed by atoms with van der Waals surface area (Å²) in [5, 5.41) is 7.46. The molecule has 0 atom stereocenters. The average molecular weight is 260 g/mol. The van der Waals surface area contributed by atoms with Crippen LogP contribution in [-0.2, 0) is 4.79 Å². The molecule has 0 aromatic heterocycles. The van der Waals surface area contributed by atoms with E-state index in [2.05, 4.69) is 0 Å². The highest BCUT2D eigenvalue weighted by molar-refractivity contribution is 6.36. The second-order valence-corrected chi connectivity index (χ2v) is 3.93. The Bertz CT molecular complexity index is 668. The summed E-state index contributed by atoms with van der Waals surface area (Å²) >= 11 is 0. The zero-order chi connectivity index (χ0) is 14.0. The Hall–Kier alpha value is -2.56. The van der Waals surface area contributed by atoms with Gasteiger partial charge in [0.05, 0.1) is 0 Å². The van der Waals surface area contributed by atoms with Gasteiger partial charge in [0.15, 0.2) is 17.9 Å². The van der Waals surface area contributed by atoms with Gasteiger partial charge in [-0.3, -0.25) is 10.2 Å². The van der Waals surface area contributed by atoms with Crippen molar-refractivity contribution < 1.29 is 13.6 Å². The summed E-state index contributed by atoms with van der Waals surface area (Å²) in [7, 11) is 0. The summed E-state index contributed by atoms with van der Waals surface area (Å²) in [4.78, 5) is 10.6. The van der Waals surface area contributed by atoms with Crippen LogP contribution >= 0.6 is 0 Å². The fraction of sp³-hybridized carbons (Fsp3) is 0. The summed E-state index contributed by atoms with van der Waals surface area (Å²) in [5.41, 5.74) is 6.17. The number of carbonyl (C=O) groups is 1. The lowest BCUT2D eigenvalue weighted by Crippen LogP contribution is -2.05. The number of nitrogen functional groups attached to an aromatic ring is 1. The first-order chi connectivity index (χ1) is 9.04. The molecule has 0 saturated heterocycles. The van der Waals surface area contributed by atoms with Crippen molar-refractivity contribution in [1.82, 2.24) is 0 Å². The van der Waals surface area contributed by atoms with Crippen molar-refractivity contribution in [1.29, 1.82) is 5.41 Å². The number of nitrogens with one attached hydrogen (secondary N) is 1. The zero-order valence-corrected chi connectivity index (χ0v) is 9.78. The number of hydrogen-bond donors (Lipinski definition) is 2. The van der Waals surface area contributed by atoms with E-state index in [4.69, 9.17) is 11.1 Å². The average Bonchev–Trinajstić information content (AvgIpc) is 2.42. The van der Waals surface area contributed by atoms with Gasteiger partial charge < -0.3 is 5.73 Å². The standard InChI is InChI=1S/C14H10F2N2O/c15-11-3-1-2-9(14(11)16)8-4-5-12(17)10(6-8)13(18)7-19/h1-7,18H,17H2. The number of halogens is 2. The molecule has 0 radical (unpaired) electrons. The predicted octanol–water partition coefficient (Wildman–Crippen LogP) is 2.78. The van der Waals surface area contributed by atoms with E-state index in [0.717, 1.165) is 6.07 Å². The fourth-order valence-corrected chi connectivity index (χ4v) is 1.75. The number of carbonyl (C=O) groups excluding carboxylic acids is 1. The molecule has 0 aliphatic rings. The Labute approximate surface area is 108 Å². The number of aldehydes is 1. The predicted molar refractivity (Wildman–Crippen MR) is 69.1 cm³/mol. The summed E-state index contributed by atoms with van der Waals surface area (Å²) in [6.07, 6.45) is 0.345. The zero-order valence-electron chi connectivity index (χ0n) is 9.78. The SMILES string of the molecule is N=C(C=O)c1cc(-c2cccc(F)c2F)ccc1N. The Kier molecular flexibility index (Phi) is 3.37. The Morgan fingerprint density at radius 3 is 2.63 bits per heavy atom. The Balaban J connectivity index is 2.61. The van der Waals surface area contributed by atoms with Crippen LogP contribution in [0.5, 0.6) is 0 Å². The fourth-order valence-electron chi connectivity index (χ4n) is 1.75. The minimum Gasteiger partial charge on any atom is -0.398 e. The van der Waals surface area contributed by atoms with Crippen LogP contribution in [0.1, 0.15) is 5.56 Å². The molecular weight excluding hydrogens is 250 g/mol. The van der Waals surface area contributed by atoms with Crippen LogP contribution in [0.3, 0.4) is 0 Å². The van der Waals surface area contributed by atoms with Crippen LogP contribution in [0.2, 0.25) is 0 Å². The first-order valence-electron chi connectivity index (χ1n) is 5.42. The molecule has 0 aliphatic carbocycles. The van der Waals surface area contributed by atoms with Gasteiger partial charge >= 0.3 is 0 Å². The van der Waals surface area contributed by atoms with E-state index in [9.17, 15) is 13.6 Å². The van der Waals surface area contributed by atoms with Gasteiger partial charge in [-0.2, -0.15) is 0 Å². The third-order valence-electron chi connectivity index (χ3n) is 2.72. The molecule has 0 fully saturated rings. The molecule has 2 rings (SSSR count). The van der Waals surface area contributed by atoms with Gasteiger partial charge in [-0.05, 0) is 23.8 Å². The molecule has 0 spiro atoms. The normalized spacial score (nSPS) is 10.2. The van der Waals surface area contributed by atoms with Crippen LogP contribution in [0.15, 0.2) is 36.4 Å². The van der Waals surface area contributed by atoms with Gasteiger partial charge in [0, 0.05) is 16.8 Å². The van der Waals surface area contributed by atoms with Crippen LogP contribution in [-0.4, -0.2) is 12.0 Å². The van der Waals surface area contributed by atoms with E-state index in [1.165, 1.54) is 30.3 Å². The van der Waals surface area contributed by atoms with Crippen molar-refractivity contribution in [3.8, 4) is 11.1 Å². The summed E-state index contributed by atoms with van der Waals surface area (Å²) in [6.45, 7) is 0. The van der Waals surface area contributed by atoms with Crippen molar-refractivity contribution >= 4 is 17.7 Å². The molecule has 19 heavy (non-hydrogen) atoms. The van der Waals surface area contributed by atoms with Crippen molar-refractivity contribution in [2.24, 2.45) is 0 Å². The Morgan fingerprint density at radius 2 is 1.95 bits per heavy atom. The second kappa shape index (κ2) is 4.97. The van der Waals surface area contributed by atoms with Crippen LogP contribution in [0.25, 0.3) is 11.1 Å². The van der Waals surface area contributed by atoms with Gasteiger partial charge in [0.1, 0.15) is 5.71 Å². The lowest BCUT2D eigenvalue weighted by atomic mass is 9.99. The van der Waals surface area contributed by atoms with Gasteiger partial charge in [0.2, 0.25) is 0 Å². The first-order valence-corrected chi connectivity index (χ1v) is 5.42. The molecule has 2 aromatic rings. The molecule has 0 heterocycles. The largest absolute Gasteiger partial charge is 0.398 e. The number of anilines is 1. The number of benzene rings is 2. The lowest BCUT2D eigenvalue weighted by molar-refractivity contribution is -0.102. The van der Waals surface area contributed by atoms with Crippen molar-refractivity contribution in [3.63, 3.8) is 0 Å². The molecule has 3 nitrogen and oxygen atoms in total. The number of rotatable bonds is 3. The van der Waals surface area contributed by atoms with E-state index in [0.29, 0.717) is 11.8 Å². The lowest BCUT2D eigenvalue weighted by Gasteiger charge is -2.08. The van der Waals surface area contributed by atoms with Gasteiger partial charge in [-0.1, -0.05) is 18.2 Å². The first kappa shape index (κ1) is 12.9. The van der Waals surface area contributed by atoms with Crippen LogP contribution < -0.4 is 5.73 Å². The van der Waals surface area contributed by atoms with E-state index in [1.54, 1.807) is 0 Å². The van der Waals surface area contributed by atoms with E-state index in [1.807, 2.05) is 0 Å². The minimum absolute atomic E-state index is 0.0555. The maximum absolute atomic E-state index is 13.7. The van der Waals surface area contributed by atoms with Gasteiger partial charge in [0.25, 0.3) is 0 Å². The quantitative estimate of drug-likeness (QED) is 0.506. The van der Waals surface area contributed by atoms with Gasteiger partial charge in [-0.15, -0.1) is 0 Å². The van der Waals surface area contributed by atoms with Crippen molar-refractivity contribution in [2.75, 3.05) is 5.73 Å². The monoisotopic (exact) mass is 260 g/mol. The molecule has 0 saturated carbocycles. The summed E-state index contributed by atoms with van der Waals surface area (Å²) in [5.74, 6) is -1.93. The summed E-state index contributed by atoms with van der Waals surface area (Å²) in [6, 6.07) is 8.17. The highest BCUT2D eigenvalue weighted by Gasteiger charge is 2.12. The van der Waals surface area contributed by atoms with Crippen molar-refractivity contribution in [2.45, 2.75) is 0 Å². The minimum atomic E-state index is -0.976. The van der Waals surface area contributed by atoms with E-state index < -0.39 is 11.6 Å². The maximum Gasteiger partial charge on any atom is 0.168 e. The molecule has 96 valence electrons. The highest BCUT2D eigenvalue weighted by atomic mass is 19.2. The van der Waals surface area contributed by atoms with Crippen LogP contribution in [0, 0.1) is 17.0 Å². The molecule has 2 aromatic carbocycles. The van der Waals surface area contributed by atoms with E-state index in [-0.39, 0.29) is 22.5 Å². The second-order valence-electron chi connectivity index (χ2n) is 3.93. The molecule has 3 N–H and O–H groups in total. The molecule has 0 amide bonds. The third kappa shape index (κ3) is 2.35. The molecule has 0 aliphatic heterocycles. The smallest absolute Gasteiger partial charge is 0.168 e. The molecule has 5 heteroatoms. The van der Waals surface area contributed by atoms with Crippen molar-refractivity contribution in [3.05, 3.63) is 53.6 Å². The summed E-state index contributed by atoms with van der Waals surface area (Å²) < 4.78 is 26.8. The molecule has 0 bridgehead atoms. The Morgan fingerprint density at radius 1 is 1.21 bits per heavy atom. The third-order valence-corrected chi connectivity index (χ3v) is 2.72. The van der Waals surface area contributed by atoms with E-state index >= 15 is 0 Å². The topological polar surface area (TPSA) is 66.9 Å². The highest BCUT2D eigenvalue weighted by Crippen LogP contribution is 2.27. The molecular formula is C14H10F2N2O. The number of hydrogen-bond acceptors (Lipinski definition) is 3. The molecule has 0 unspecified atom stereocenters. The number of nitrogens with two attached hydrogens (primary N) is 1. The van der Waals surface area contributed by atoms with Gasteiger partial charge in [-0.25, -0.2) is 8.78 Å². The maximum atomic E-state index is 13.7.